The first kappa shape index (κ1) is 9.64. The predicted octanol–water partition coefficient (Wildman–Crippen LogP) is 2.04. The predicted molar refractivity (Wildman–Crippen MR) is 52.9 cm³/mol. The lowest BCUT2D eigenvalue weighted by Crippen LogP contribution is -1.98. The van der Waals surface area contributed by atoms with Crippen molar-refractivity contribution >= 4 is 17.2 Å². The minimum Gasteiger partial charge on any atom is -0.477 e. The zero-order valence-electron chi connectivity index (χ0n) is 8.39. The number of rotatable bonds is 2. The van der Waals surface area contributed by atoms with Crippen LogP contribution >= 0.6 is 0 Å². The Balaban J connectivity index is 2.57. The van der Waals surface area contributed by atoms with Crippen LogP contribution in [-0.4, -0.2) is 21.0 Å². The summed E-state index contributed by atoms with van der Waals surface area (Å²) in [5.74, 6) is -0.341. The van der Waals surface area contributed by atoms with Gasteiger partial charge < -0.3 is 9.52 Å². The Bertz CT molecular complexity index is 516. The van der Waals surface area contributed by atoms with Crippen LogP contribution in [0.5, 0.6) is 0 Å². The van der Waals surface area contributed by atoms with Gasteiger partial charge in [0.15, 0.2) is 11.6 Å². The molecule has 0 atom stereocenters. The van der Waals surface area contributed by atoms with E-state index in [0.29, 0.717) is 11.4 Å². The van der Waals surface area contributed by atoms with Gasteiger partial charge in [-0.25, -0.2) is 14.8 Å². The summed E-state index contributed by atoms with van der Waals surface area (Å²) >= 11 is 0. The van der Waals surface area contributed by atoms with Crippen LogP contribution in [-0.2, 0) is 0 Å². The van der Waals surface area contributed by atoms with Crippen molar-refractivity contribution < 1.29 is 14.3 Å². The molecule has 78 valence electrons. The van der Waals surface area contributed by atoms with Gasteiger partial charge in [-0.2, -0.15) is 0 Å². The van der Waals surface area contributed by atoms with Crippen LogP contribution in [0.1, 0.15) is 36.1 Å². The Morgan fingerprint density at radius 2 is 2.13 bits per heavy atom. The summed E-state index contributed by atoms with van der Waals surface area (Å²) in [6.45, 7) is 3.89. The maximum Gasteiger partial charge on any atom is 0.354 e. The molecule has 1 N–H and O–H groups in total. The molecule has 0 amide bonds. The van der Waals surface area contributed by atoms with Crippen LogP contribution in [0.2, 0.25) is 0 Å². The van der Waals surface area contributed by atoms with E-state index >= 15 is 0 Å². The molecular weight excluding hydrogens is 196 g/mol. The highest BCUT2D eigenvalue weighted by molar-refractivity contribution is 5.87. The molecule has 0 radical (unpaired) electrons. The number of oxazole rings is 1. The van der Waals surface area contributed by atoms with Gasteiger partial charge in [0.25, 0.3) is 0 Å². The van der Waals surface area contributed by atoms with E-state index < -0.39 is 5.97 Å². The first-order valence-corrected chi connectivity index (χ1v) is 4.58. The second-order valence-electron chi connectivity index (χ2n) is 3.53. The van der Waals surface area contributed by atoms with Crippen LogP contribution < -0.4 is 0 Å². The molecule has 0 saturated heterocycles. The van der Waals surface area contributed by atoms with E-state index in [-0.39, 0.29) is 17.3 Å². The minimum absolute atomic E-state index is 0.0334. The van der Waals surface area contributed by atoms with Crippen molar-refractivity contribution in [3.05, 3.63) is 23.7 Å². The highest BCUT2D eigenvalue weighted by atomic mass is 16.4. The Morgan fingerprint density at radius 3 is 2.73 bits per heavy atom. The van der Waals surface area contributed by atoms with E-state index in [1.807, 2.05) is 13.8 Å². The Labute approximate surface area is 85.8 Å². The largest absolute Gasteiger partial charge is 0.477 e. The summed E-state index contributed by atoms with van der Waals surface area (Å²) in [5, 5.41) is 8.74. The molecule has 2 heterocycles. The maximum absolute atomic E-state index is 10.7. The highest BCUT2D eigenvalue weighted by Gasteiger charge is 2.12. The number of aromatic nitrogens is 2. The topological polar surface area (TPSA) is 76.2 Å². The molecule has 15 heavy (non-hydrogen) atoms. The van der Waals surface area contributed by atoms with Gasteiger partial charge in [0.05, 0.1) is 0 Å². The molecule has 5 nitrogen and oxygen atoms in total. The Morgan fingerprint density at radius 1 is 1.40 bits per heavy atom. The molecule has 2 aromatic heterocycles. The Hall–Kier alpha value is -1.91. The second kappa shape index (κ2) is 3.34. The maximum atomic E-state index is 10.7. The zero-order chi connectivity index (χ0) is 11.0. The number of aromatic carboxylic acids is 1. The molecule has 5 heteroatoms. The molecule has 0 bridgehead atoms. The van der Waals surface area contributed by atoms with Crippen LogP contribution in [0.3, 0.4) is 0 Å². The number of carboxylic acids is 1. The molecule has 0 aromatic carbocycles. The fourth-order valence-corrected chi connectivity index (χ4v) is 1.20. The number of hydrogen-bond donors (Lipinski definition) is 1. The lowest BCUT2D eigenvalue weighted by molar-refractivity contribution is 0.0690. The van der Waals surface area contributed by atoms with Gasteiger partial charge in [0.1, 0.15) is 5.52 Å². The van der Waals surface area contributed by atoms with Gasteiger partial charge in [-0.05, 0) is 12.1 Å². The fraction of sp³-hybridized carbons (Fsp3) is 0.300. The number of nitrogens with zero attached hydrogens (tertiary/aromatic N) is 2. The summed E-state index contributed by atoms with van der Waals surface area (Å²) in [5.41, 5.74) is 0.830. The molecule has 0 fully saturated rings. The van der Waals surface area contributed by atoms with Crippen molar-refractivity contribution in [3.8, 4) is 0 Å². The van der Waals surface area contributed by atoms with Gasteiger partial charge in [0, 0.05) is 5.92 Å². The van der Waals surface area contributed by atoms with Crippen molar-refractivity contribution in [1.29, 1.82) is 0 Å². The molecule has 0 saturated carbocycles. The molecule has 2 rings (SSSR count). The third-order valence-corrected chi connectivity index (χ3v) is 1.99. The van der Waals surface area contributed by atoms with Crippen LogP contribution in [0.4, 0.5) is 0 Å². The van der Waals surface area contributed by atoms with E-state index in [1.165, 1.54) is 6.07 Å². The third-order valence-electron chi connectivity index (χ3n) is 1.99. The van der Waals surface area contributed by atoms with E-state index in [2.05, 4.69) is 9.97 Å². The molecule has 0 unspecified atom stereocenters. The van der Waals surface area contributed by atoms with Crippen molar-refractivity contribution in [2.24, 2.45) is 0 Å². The second-order valence-corrected chi connectivity index (χ2v) is 3.53. The third kappa shape index (κ3) is 1.68. The van der Waals surface area contributed by atoms with Crippen molar-refractivity contribution in [1.82, 2.24) is 9.97 Å². The van der Waals surface area contributed by atoms with E-state index in [4.69, 9.17) is 9.52 Å². The molecule has 2 aromatic rings. The zero-order valence-corrected chi connectivity index (χ0v) is 8.39. The van der Waals surface area contributed by atoms with Gasteiger partial charge in [-0.1, -0.05) is 13.8 Å². The number of fused-ring (bicyclic) bond motifs is 1. The van der Waals surface area contributed by atoms with Crippen LogP contribution in [0, 0.1) is 0 Å². The van der Waals surface area contributed by atoms with E-state index in [0.717, 1.165) is 0 Å². The number of carbonyl (C=O) groups is 1. The first-order valence-electron chi connectivity index (χ1n) is 4.58. The Kier molecular flexibility index (Phi) is 2.15. The van der Waals surface area contributed by atoms with Gasteiger partial charge in [-0.3, -0.25) is 0 Å². The summed E-state index contributed by atoms with van der Waals surface area (Å²) in [6, 6.07) is 3.01. The normalized spacial score (nSPS) is 11.1. The number of pyridine rings is 1. The van der Waals surface area contributed by atoms with Crippen molar-refractivity contribution in [2.45, 2.75) is 19.8 Å². The lowest BCUT2D eigenvalue weighted by Gasteiger charge is -1.93. The first-order chi connectivity index (χ1) is 7.08. The molecule has 0 aliphatic rings. The summed E-state index contributed by atoms with van der Waals surface area (Å²) in [7, 11) is 0. The summed E-state index contributed by atoms with van der Waals surface area (Å²) in [6.07, 6.45) is 0. The van der Waals surface area contributed by atoms with Crippen LogP contribution in [0.25, 0.3) is 11.2 Å². The SMILES string of the molecule is CC(C)c1nc2ccc(C(=O)O)nc2o1. The van der Waals surface area contributed by atoms with Crippen molar-refractivity contribution in [2.75, 3.05) is 0 Å². The quantitative estimate of drug-likeness (QED) is 0.813. The lowest BCUT2D eigenvalue weighted by atomic mass is 10.2. The molecule has 0 aliphatic carbocycles. The van der Waals surface area contributed by atoms with E-state index in [9.17, 15) is 4.79 Å². The van der Waals surface area contributed by atoms with Gasteiger partial charge >= 0.3 is 5.97 Å². The van der Waals surface area contributed by atoms with Gasteiger partial charge in [-0.15, -0.1) is 0 Å². The molecule has 0 aliphatic heterocycles. The van der Waals surface area contributed by atoms with Crippen molar-refractivity contribution in [3.63, 3.8) is 0 Å². The monoisotopic (exact) mass is 206 g/mol. The molecular formula is C10H10N2O3. The number of hydrogen-bond acceptors (Lipinski definition) is 4. The average Bonchev–Trinajstić information content (AvgIpc) is 2.59. The smallest absolute Gasteiger partial charge is 0.354 e. The van der Waals surface area contributed by atoms with E-state index in [1.54, 1.807) is 6.07 Å². The number of carboxylic acid groups (broad SMARTS) is 1. The summed E-state index contributed by atoms with van der Waals surface area (Å²) < 4.78 is 5.33. The summed E-state index contributed by atoms with van der Waals surface area (Å²) in [4.78, 5) is 18.7. The average molecular weight is 206 g/mol. The molecule has 0 spiro atoms. The fourth-order valence-electron chi connectivity index (χ4n) is 1.20. The van der Waals surface area contributed by atoms with Gasteiger partial charge in [0.2, 0.25) is 5.71 Å². The highest BCUT2D eigenvalue weighted by Crippen LogP contribution is 2.19. The van der Waals surface area contributed by atoms with Crippen LogP contribution in [0.15, 0.2) is 16.5 Å². The standard InChI is InChI=1S/C10H10N2O3/c1-5(2)8-11-6-3-4-7(10(13)14)12-9(6)15-8/h3-5H,1-2H3,(H,13,14). The minimum atomic E-state index is -1.07.